The third-order valence-electron chi connectivity index (χ3n) is 12.3. The van der Waals surface area contributed by atoms with Gasteiger partial charge in [-0.3, -0.25) is 14.4 Å². The van der Waals surface area contributed by atoms with Gasteiger partial charge in [-0.1, -0.05) is 45.7 Å². The number of carbonyl (C=O) groups is 3. The van der Waals surface area contributed by atoms with Crippen molar-refractivity contribution in [3.63, 3.8) is 0 Å². The van der Waals surface area contributed by atoms with Crippen LogP contribution in [0.3, 0.4) is 0 Å². The largest absolute Gasteiger partial charge is 0.465 e. The molecule has 0 spiro atoms. The SMILES string of the molecule is CC(=O)Oc1ccc2c(c1)[C@@]1(C)CCC[C@@](C)(COC(=O)[C@]3(C)CCC[C@]4(C)c5cc(OC(C)=O)ccc5CC[C@@H]34)C1CC2. The van der Waals surface area contributed by atoms with Gasteiger partial charge in [0.15, 0.2) is 0 Å². The monoisotopic (exact) mass is 600 g/mol. The highest BCUT2D eigenvalue weighted by Gasteiger charge is 2.57. The highest BCUT2D eigenvalue weighted by atomic mass is 16.5. The Morgan fingerprint density at radius 1 is 0.705 bits per heavy atom. The highest BCUT2D eigenvalue weighted by molar-refractivity contribution is 5.78. The summed E-state index contributed by atoms with van der Waals surface area (Å²) in [5.74, 6) is 1.02. The Morgan fingerprint density at radius 2 is 1.20 bits per heavy atom. The van der Waals surface area contributed by atoms with Crippen molar-refractivity contribution >= 4 is 17.9 Å². The minimum atomic E-state index is -0.575. The predicted octanol–water partition coefficient (Wildman–Crippen LogP) is 7.80. The minimum Gasteiger partial charge on any atom is -0.465 e. The second kappa shape index (κ2) is 11.0. The second-order valence-corrected chi connectivity index (χ2v) is 15.2. The number of aryl methyl sites for hydroxylation is 2. The van der Waals surface area contributed by atoms with Crippen LogP contribution in [0.5, 0.6) is 11.5 Å². The van der Waals surface area contributed by atoms with E-state index in [0.29, 0.717) is 24.0 Å². The fourth-order valence-electron chi connectivity index (χ4n) is 10.3. The molecule has 2 aromatic rings. The Kier molecular flexibility index (Phi) is 7.73. The van der Waals surface area contributed by atoms with Crippen LogP contribution >= 0.6 is 0 Å². The van der Waals surface area contributed by atoms with Gasteiger partial charge in [0.05, 0.1) is 12.0 Å². The molecule has 2 saturated carbocycles. The molecule has 0 saturated heterocycles. The summed E-state index contributed by atoms with van der Waals surface area (Å²) in [7, 11) is 0. The van der Waals surface area contributed by atoms with E-state index < -0.39 is 5.41 Å². The second-order valence-electron chi connectivity index (χ2n) is 15.2. The molecule has 0 amide bonds. The van der Waals surface area contributed by atoms with Crippen LogP contribution < -0.4 is 9.47 Å². The smallest absolute Gasteiger partial charge is 0.312 e. The first-order chi connectivity index (χ1) is 20.8. The molecule has 4 aliphatic carbocycles. The summed E-state index contributed by atoms with van der Waals surface area (Å²) in [6.45, 7) is 12.4. The summed E-state index contributed by atoms with van der Waals surface area (Å²) >= 11 is 0. The van der Waals surface area contributed by atoms with Crippen LogP contribution in [0, 0.1) is 22.7 Å². The van der Waals surface area contributed by atoms with Gasteiger partial charge >= 0.3 is 17.9 Å². The zero-order valence-electron chi connectivity index (χ0n) is 27.3. The number of hydrogen-bond donors (Lipinski definition) is 0. The van der Waals surface area contributed by atoms with E-state index in [-0.39, 0.29) is 40.1 Å². The summed E-state index contributed by atoms with van der Waals surface area (Å²) in [6.07, 6.45) is 9.85. The lowest BCUT2D eigenvalue weighted by molar-refractivity contribution is -0.171. The normalized spacial score (nSPS) is 34.0. The first-order valence-corrected chi connectivity index (χ1v) is 16.6. The summed E-state index contributed by atoms with van der Waals surface area (Å²) in [4.78, 5) is 37.6. The van der Waals surface area contributed by atoms with E-state index in [9.17, 15) is 14.4 Å². The maximum absolute atomic E-state index is 14.3. The number of ether oxygens (including phenoxy) is 3. The van der Waals surface area contributed by atoms with E-state index in [1.807, 2.05) is 18.2 Å². The van der Waals surface area contributed by atoms with Gasteiger partial charge in [0.1, 0.15) is 11.5 Å². The van der Waals surface area contributed by atoms with Gasteiger partial charge in [-0.05, 0) is 127 Å². The van der Waals surface area contributed by atoms with Crippen LogP contribution in [0.4, 0.5) is 0 Å². The predicted molar refractivity (Wildman–Crippen MR) is 169 cm³/mol. The summed E-state index contributed by atoms with van der Waals surface area (Å²) in [6, 6.07) is 12.1. The molecule has 2 aromatic carbocycles. The Morgan fingerprint density at radius 3 is 1.75 bits per heavy atom. The van der Waals surface area contributed by atoms with Crippen molar-refractivity contribution in [2.24, 2.45) is 22.7 Å². The molecule has 44 heavy (non-hydrogen) atoms. The third-order valence-corrected chi connectivity index (χ3v) is 12.3. The maximum atomic E-state index is 14.3. The van der Waals surface area contributed by atoms with Gasteiger partial charge in [0.25, 0.3) is 0 Å². The molecule has 0 aliphatic heterocycles. The maximum Gasteiger partial charge on any atom is 0.312 e. The Balaban J connectivity index is 1.23. The average molecular weight is 601 g/mol. The molecule has 6 rings (SSSR count). The molecule has 2 fully saturated rings. The first kappa shape index (κ1) is 30.9. The van der Waals surface area contributed by atoms with E-state index >= 15 is 0 Å². The molecule has 6 atom stereocenters. The number of fused-ring (bicyclic) bond motifs is 6. The Bertz CT molecular complexity index is 1490. The molecule has 236 valence electrons. The molecule has 0 radical (unpaired) electrons. The molecule has 0 heterocycles. The molecule has 0 N–H and O–H groups in total. The topological polar surface area (TPSA) is 78.9 Å². The van der Waals surface area contributed by atoms with Crippen molar-refractivity contribution in [2.75, 3.05) is 6.61 Å². The van der Waals surface area contributed by atoms with Gasteiger partial charge in [-0.15, -0.1) is 0 Å². The van der Waals surface area contributed by atoms with Crippen LogP contribution in [-0.4, -0.2) is 24.5 Å². The first-order valence-electron chi connectivity index (χ1n) is 16.6. The summed E-state index contributed by atoms with van der Waals surface area (Å²) in [5, 5.41) is 0. The van der Waals surface area contributed by atoms with Crippen molar-refractivity contribution in [2.45, 2.75) is 117 Å². The quantitative estimate of drug-likeness (QED) is 0.257. The lowest BCUT2D eigenvalue weighted by atomic mass is 9.49. The third kappa shape index (κ3) is 5.06. The van der Waals surface area contributed by atoms with Crippen molar-refractivity contribution in [1.82, 2.24) is 0 Å². The fraction of sp³-hybridized carbons (Fsp3) is 0.605. The number of hydrogen-bond acceptors (Lipinski definition) is 6. The van der Waals surface area contributed by atoms with Crippen LogP contribution in [0.2, 0.25) is 0 Å². The summed E-state index contributed by atoms with van der Waals surface area (Å²) in [5.41, 5.74) is 4.17. The molecule has 1 unspecified atom stereocenters. The van der Waals surface area contributed by atoms with Crippen molar-refractivity contribution in [3.05, 3.63) is 58.7 Å². The molecule has 6 heteroatoms. The van der Waals surface area contributed by atoms with Gasteiger partial charge in [-0.2, -0.15) is 0 Å². The van der Waals surface area contributed by atoms with Crippen molar-refractivity contribution < 1.29 is 28.6 Å². The number of carbonyl (C=O) groups excluding carboxylic acids is 3. The standard InChI is InChI=1S/C38H48O6/c1-24(39)43-28-13-9-26-11-15-32-35(3,17-7-18-36(32,4)30(26)21-28)23-42-34(41)38(6)20-8-19-37(5)31-22-29(44-25(2)40)14-10-27(31)12-16-33(37)38/h9-10,13-14,21-22,32-33H,7-8,11-12,15-20,23H2,1-6H3/t32?,33-,35+,36-,37-,38-/m1/s1. The van der Waals surface area contributed by atoms with Crippen molar-refractivity contribution in [3.8, 4) is 11.5 Å². The van der Waals surface area contributed by atoms with E-state index in [1.54, 1.807) is 0 Å². The Labute approximate surface area is 262 Å². The highest BCUT2D eigenvalue weighted by Crippen LogP contribution is 2.60. The van der Waals surface area contributed by atoms with Crippen molar-refractivity contribution in [1.29, 1.82) is 0 Å². The minimum absolute atomic E-state index is 0.0603. The lowest BCUT2D eigenvalue weighted by Crippen LogP contribution is -2.54. The van der Waals surface area contributed by atoms with Crippen LogP contribution in [0.15, 0.2) is 36.4 Å². The van der Waals surface area contributed by atoms with E-state index in [0.717, 1.165) is 64.2 Å². The Hall–Kier alpha value is -3.15. The van der Waals surface area contributed by atoms with E-state index in [1.165, 1.54) is 36.1 Å². The molecular weight excluding hydrogens is 552 g/mol. The van der Waals surface area contributed by atoms with Gasteiger partial charge in [-0.25, -0.2) is 0 Å². The zero-order chi connectivity index (χ0) is 31.5. The zero-order valence-corrected chi connectivity index (χ0v) is 27.3. The summed E-state index contributed by atoms with van der Waals surface area (Å²) < 4.78 is 17.4. The molecular formula is C38H48O6. The van der Waals surface area contributed by atoms with Gasteiger partial charge in [0, 0.05) is 19.3 Å². The molecule has 6 nitrogen and oxygen atoms in total. The van der Waals surface area contributed by atoms with E-state index in [4.69, 9.17) is 14.2 Å². The number of benzene rings is 2. The number of esters is 3. The average Bonchev–Trinajstić information content (AvgIpc) is 2.95. The number of rotatable bonds is 5. The molecule has 0 bridgehead atoms. The van der Waals surface area contributed by atoms with Crippen LogP contribution in [-0.2, 0) is 42.8 Å². The lowest BCUT2D eigenvalue weighted by Gasteiger charge is -2.56. The van der Waals surface area contributed by atoms with Gasteiger partial charge in [0.2, 0.25) is 0 Å². The van der Waals surface area contributed by atoms with Crippen LogP contribution in [0.25, 0.3) is 0 Å². The van der Waals surface area contributed by atoms with Gasteiger partial charge < -0.3 is 14.2 Å². The van der Waals surface area contributed by atoms with E-state index in [2.05, 4.69) is 45.9 Å². The molecule has 4 aliphatic rings. The molecule has 0 aromatic heterocycles. The van der Waals surface area contributed by atoms with Crippen LogP contribution in [0.1, 0.15) is 115 Å². The fourth-order valence-corrected chi connectivity index (χ4v) is 10.3.